The van der Waals surface area contributed by atoms with Crippen LogP contribution < -0.4 is 9.47 Å². The first kappa shape index (κ1) is 17.5. The third kappa shape index (κ3) is 4.02. The number of carbonyl (C=O) groups is 1. The van der Waals surface area contributed by atoms with Crippen molar-refractivity contribution in [3.8, 4) is 11.5 Å². The summed E-state index contributed by atoms with van der Waals surface area (Å²) < 4.78 is 10.5. The van der Waals surface area contributed by atoms with Gasteiger partial charge in [-0.2, -0.15) is 0 Å². The second kappa shape index (κ2) is 8.17. The normalized spacial score (nSPS) is 16.2. The van der Waals surface area contributed by atoms with Crippen molar-refractivity contribution < 1.29 is 14.3 Å². The van der Waals surface area contributed by atoms with E-state index in [1.54, 1.807) is 14.2 Å². The molecular weight excluding hydrogens is 314 g/mol. The van der Waals surface area contributed by atoms with Crippen LogP contribution in [0.2, 0.25) is 0 Å². The number of piperidine rings is 1. The molecule has 0 amide bonds. The number of ether oxygens (including phenoxy) is 2. The predicted molar refractivity (Wildman–Crippen MR) is 98.5 cm³/mol. The van der Waals surface area contributed by atoms with Crippen LogP contribution in [0, 0.1) is 0 Å². The zero-order valence-corrected chi connectivity index (χ0v) is 14.9. The van der Waals surface area contributed by atoms with Gasteiger partial charge in [0.15, 0.2) is 5.78 Å². The molecule has 0 aliphatic carbocycles. The van der Waals surface area contributed by atoms with Crippen molar-refractivity contribution >= 4 is 5.78 Å². The van der Waals surface area contributed by atoms with Crippen molar-refractivity contribution in [2.75, 3.05) is 27.3 Å². The zero-order chi connectivity index (χ0) is 17.6. The van der Waals surface area contributed by atoms with Gasteiger partial charge < -0.3 is 9.47 Å². The van der Waals surface area contributed by atoms with Crippen molar-refractivity contribution in [2.45, 2.75) is 25.3 Å². The van der Waals surface area contributed by atoms with Crippen LogP contribution in [0.5, 0.6) is 11.5 Å². The van der Waals surface area contributed by atoms with E-state index >= 15 is 0 Å². The fourth-order valence-electron chi connectivity index (χ4n) is 3.40. The average molecular weight is 339 g/mol. The van der Waals surface area contributed by atoms with Gasteiger partial charge in [0.05, 0.1) is 20.3 Å². The molecule has 1 aliphatic heterocycles. The summed E-state index contributed by atoms with van der Waals surface area (Å²) >= 11 is 0. The van der Waals surface area contributed by atoms with Crippen molar-refractivity contribution in [1.82, 2.24) is 4.90 Å². The molecule has 1 unspecified atom stereocenters. The Labute approximate surface area is 149 Å². The van der Waals surface area contributed by atoms with Crippen LogP contribution in [0.4, 0.5) is 0 Å². The smallest absolute Gasteiger partial charge is 0.184 e. The van der Waals surface area contributed by atoms with Crippen molar-refractivity contribution in [2.24, 2.45) is 0 Å². The number of ketones is 1. The molecular formula is C21H25NO3. The monoisotopic (exact) mass is 339 g/mol. The second-order valence-electron chi connectivity index (χ2n) is 6.37. The molecule has 132 valence electrons. The summed E-state index contributed by atoms with van der Waals surface area (Å²) in [5.41, 5.74) is 1.73. The molecule has 2 aromatic rings. The van der Waals surface area contributed by atoms with Gasteiger partial charge in [-0.05, 0) is 67.9 Å². The van der Waals surface area contributed by atoms with Crippen LogP contribution in [-0.4, -0.2) is 38.0 Å². The van der Waals surface area contributed by atoms with E-state index in [2.05, 4.69) is 4.90 Å². The molecule has 0 aromatic heterocycles. The number of Topliss-reactive ketones (excluding diaryl/α,β-unsaturated/α-hetero) is 1. The maximum Gasteiger partial charge on any atom is 0.184 e. The van der Waals surface area contributed by atoms with Gasteiger partial charge >= 0.3 is 0 Å². The summed E-state index contributed by atoms with van der Waals surface area (Å²) in [6.07, 6.45) is 3.52. The molecule has 4 heteroatoms. The Balaban J connectivity index is 1.92. The van der Waals surface area contributed by atoms with Gasteiger partial charge in [-0.1, -0.05) is 18.6 Å². The minimum absolute atomic E-state index is 0.134. The Morgan fingerprint density at radius 2 is 1.36 bits per heavy atom. The van der Waals surface area contributed by atoms with Crippen LogP contribution in [0.1, 0.15) is 41.2 Å². The van der Waals surface area contributed by atoms with E-state index in [0.717, 1.165) is 43.0 Å². The Morgan fingerprint density at radius 3 is 1.88 bits per heavy atom. The standard InChI is InChI=1S/C21H25NO3/c1-24-18-10-6-16(7-11-18)20(22-14-4-3-5-15-22)21(23)17-8-12-19(25-2)13-9-17/h6-13,20H,3-5,14-15H2,1-2H3. The van der Waals surface area contributed by atoms with E-state index in [9.17, 15) is 4.79 Å². The van der Waals surface area contributed by atoms with E-state index < -0.39 is 0 Å². The topological polar surface area (TPSA) is 38.8 Å². The third-order valence-corrected chi connectivity index (χ3v) is 4.81. The summed E-state index contributed by atoms with van der Waals surface area (Å²) in [4.78, 5) is 15.6. The van der Waals surface area contributed by atoms with Crippen LogP contribution in [0.3, 0.4) is 0 Å². The molecule has 2 aromatic carbocycles. The van der Waals surface area contributed by atoms with Gasteiger partial charge in [0.25, 0.3) is 0 Å². The first-order valence-electron chi connectivity index (χ1n) is 8.79. The molecule has 0 N–H and O–H groups in total. The van der Waals surface area contributed by atoms with Gasteiger partial charge in [0.1, 0.15) is 11.5 Å². The van der Waals surface area contributed by atoms with Gasteiger partial charge in [-0.3, -0.25) is 9.69 Å². The molecule has 0 radical (unpaired) electrons. The second-order valence-corrected chi connectivity index (χ2v) is 6.37. The van der Waals surface area contributed by atoms with Crippen molar-refractivity contribution in [3.05, 3.63) is 59.7 Å². The highest BCUT2D eigenvalue weighted by Crippen LogP contribution is 2.30. The molecule has 1 heterocycles. The lowest BCUT2D eigenvalue weighted by molar-refractivity contribution is 0.0782. The van der Waals surface area contributed by atoms with Gasteiger partial charge in [0.2, 0.25) is 0 Å². The molecule has 4 nitrogen and oxygen atoms in total. The molecule has 1 aliphatic rings. The highest BCUT2D eigenvalue weighted by atomic mass is 16.5. The van der Waals surface area contributed by atoms with Crippen LogP contribution >= 0.6 is 0 Å². The number of likely N-dealkylation sites (tertiary alicyclic amines) is 1. The Hall–Kier alpha value is -2.33. The fourth-order valence-corrected chi connectivity index (χ4v) is 3.40. The van der Waals surface area contributed by atoms with Gasteiger partial charge in [-0.25, -0.2) is 0 Å². The average Bonchev–Trinajstić information content (AvgIpc) is 2.69. The van der Waals surface area contributed by atoms with E-state index in [-0.39, 0.29) is 11.8 Å². The first-order valence-corrected chi connectivity index (χ1v) is 8.79. The summed E-state index contributed by atoms with van der Waals surface area (Å²) in [5.74, 6) is 1.70. The summed E-state index contributed by atoms with van der Waals surface area (Å²) in [6, 6.07) is 15.0. The van der Waals surface area contributed by atoms with Crippen molar-refractivity contribution in [3.63, 3.8) is 0 Å². The maximum absolute atomic E-state index is 13.3. The van der Waals surface area contributed by atoms with Crippen LogP contribution in [0.15, 0.2) is 48.5 Å². The highest BCUT2D eigenvalue weighted by Gasteiger charge is 2.29. The molecule has 1 fully saturated rings. The maximum atomic E-state index is 13.3. The predicted octanol–water partition coefficient (Wildman–Crippen LogP) is 4.11. The first-order chi connectivity index (χ1) is 12.2. The molecule has 0 spiro atoms. The molecule has 1 saturated heterocycles. The number of benzene rings is 2. The third-order valence-electron chi connectivity index (χ3n) is 4.81. The minimum Gasteiger partial charge on any atom is -0.497 e. The molecule has 0 bridgehead atoms. The number of nitrogens with zero attached hydrogens (tertiary/aromatic N) is 1. The van der Waals surface area contributed by atoms with Crippen molar-refractivity contribution in [1.29, 1.82) is 0 Å². The highest BCUT2D eigenvalue weighted by molar-refractivity contribution is 6.00. The number of methoxy groups -OCH3 is 2. The Bertz CT molecular complexity index is 688. The number of rotatable bonds is 6. The quantitative estimate of drug-likeness (QED) is 0.742. The lowest BCUT2D eigenvalue weighted by atomic mass is 9.94. The largest absolute Gasteiger partial charge is 0.497 e. The van der Waals surface area contributed by atoms with Crippen LogP contribution in [-0.2, 0) is 0 Å². The summed E-state index contributed by atoms with van der Waals surface area (Å²) in [7, 11) is 3.28. The zero-order valence-electron chi connectivity index (χ0n) is 14.9. The molecule has 0 saturated carbocycles. The summed E-state index contributed by atoms with van der Waals surface area (Å²) in [6.45, 7) is 1.91. The Morgan fingerprint density at radius 1 is 0.840 bits per heavy atom. The van der Waals surface area contributed by atoms with Crippen LogP contribution in [0.25, 0.3) is 0 Å². The van der Waals surface area contributed by atoms with Gasteiger partial charge in [-0.15, -0.1) is 0 Å². The molecule has 1 atom stereocenters. The van der Waals surface area contributed by atoms with E-state index in [4.69, 9.17) is 9.47 Å². The minimum atomic E-state index is -0.250. The lowest BCUT2D eigenvalue weighted by Gasteiger charge is -2.34. The number of hydrogen-bond acceptors (Lipinski definition) is 4. The SMILES string of the molecule is COc1ccc(C(=O)C(c2ccc(OC)cc2)N2CCCCC2)cc1. The van der Waals surface area contributed by atoms with Gasteiger partial charge in [0, 0.05) is 5.56 Å². The molecule has 3 rings (SSSR count). The molecule has 25 heavy (non-hydrogen) atoms. The lowest BCUT2D eigenvalue weighted by Crippen LogP contribution is -2.38. The Kier molecular flexibility index (Phi) is 5.71. The number of hydrogen-bond donors (Lipinski definition) is 0. The fraction of sp³-hybridized carbons (Fsp3) is 0.381. The van der Waals surface area contributed by atoms with E-state index in [1.807, 2.05) is 48.5 Å². The summed E-state index contributed by atoms with van der Waals surface area (Å²) in [5, 5.41) is 0. The van der Waals surface area contributed by atoms with E-state index in [1.165, 1.54) is 6.42 Å². The number of carbonyl (C=O) groups excluding carboxylic acids is 1. The van der Waals surface area contributed by atoms with E-state index in [0.29, 0.717) is 5.56 Å².